The lowest BCUT2D eigenvalue weighted by atomic mass is 10.2. The van der Waals surface area contributed by atoms with E-state index in [9.17, 15) is 9.18 Å². The molecule has 0 saturated heterocycles. The Morgan fingerprint density at radius 2 is 2.35 bits per heavy atom. The molecule has 1 aromatic rings. The minimum atomic E-state index is -0.491. The van der Waals surface area contributed by atoms with Gasteiger partial charge in [-0.05, 0) is 18.2 Å². The molecule has 0 aliphatic rings. The monoisotopic (exact) mass is 258 g/mol. The number of nitrogen functional groups attached to an aromatic ring is 1. The summed E-state index contributed by atoms with van der Waals surface area (Å²) in [6.45, 7) is 0.588. The van der Waals surface area contributed by atoms with Crippen LogP contribution >= 0.6 is 11.8 Å². The Hall–Kier alpha value is -1.27. The van der Waals surface area contributed by atoms with Crippen LogP contribution in [0.1, 0.15) is 0 Å². The predicted octanol–water partition coefficient (Wildman–Crippen LogP) is 1.73. The van der Waals surface area contributed by atoms with Crippen molar-refractivity contribution in [3.63, 3.8) is 0 Å². The first kappa shape index (κ1) is 13.8. The SMILES string of the molecule is COCCSCC(=O)Nc1cc(N)ccc1F. The predicted molar refractivity (Wildman–Crippen MR) is 68.6 cm³/mol. The Labute approximate surface area is 104 Å². The molecule has 0 aliphatic carbocycles. The molecule has 6 heteroatoms. The van der Waals surface area contributed by atoms with Crippen LogP contribution in [0.25, 0.3) is 0 Å². The van der Waals surface area contributed by atoms with Crippen LogP contribution in [0, 0.1) is 5.82 Å². The number of nitrogens with two attached hydrogens (primary N) is 1. The highest BCUT2D eigenvalue weighted by molar-refractivity contribution is 7.99. The van der Waals surface area contributed by atoms with Crippen LogP contribution in [0.3, 0.4) is 0 Å². The molecular formula is C11H15FN2O2S. The Morgan fingerprint density at radius 3 is 3.06 bits per heavy atom. The number of benzene rings is 1. The van der Waals surface area contributed by atoms with Gasteiger partial charge in [-0.1, -0.05) is 0 Å². The van der Waals surface area contributed by atoms with E-state index >= 15 is 0 Å². The van der Waals surface area contributed by atoms with Gasteiger partial charge < -0.3 is 15.8 Å². The molecule has 0 aliphatic heterocycles. The molecule has 0 unspecified atom stereocenters. The van der Waals surface area contributed by atoms with Crippen molar-refractivity contribution in [1.82, 2.24) is 0 Å². The van der Waals surface area contributed by atoms with Crippen LogP contribution in [0.2, 0.25) is 0 Å². The average molecular weight is 258 g/mol. The van der Waals surface area contributed by atoms with Gasteiger partial charge in [0.15, 0.2) is 0 Å². The van der Waals surface area contributed by atoms with Crippen LogP contribution in [0.15, 0.2) is 18.2 Å². The zero-order valence-electron chi connectivity index (χ0n) is 9.53. The second-order valence-electron chi connectivity index (χ2n) is 3.33. The van der Waals surface area contributed by atoms with Gasteiger partial charge in [0.2, 0.25) is 5.91 Å². The van der Waals surface area contributed by atoms with E-state index in [4.69, 9.17) is 10.5 Å². The van der Waals surface area contributed by atoms with Gasteiger partial charge in [-0.2, -0.15) is 0 Å². The molecule has 1 amide bonds. The third-order valence-corrected chi connectivity index (χ3v) is 2.85. The van der Waals surface area contributed by atoms with E-state index in [1.165, 1.54) is 30.0 Å². The average Bonchev–Trinajstić information content (AvgIpc) is 2.29. The summed E-state index contributed by atoms with van der Waals surface area (Å²) in [4.78, 5) is 11.5. The molecule has 0 fully saturated rings. The number of amides is 1. The first-order valence-electron chi connectivity index (χ1n) is 5.05. The molecule has 94 valence electrons. The molecule has 0 saturated carbocycles. The number of nitrogens with one attached hydrogen (secondary N) is 1. The summed E-state index contributed by atoms with van der Waals surface area (Å²) in [6.07, 6.45) is 0. The molecular weight excluding hydrogens is 243 g/mol. The number of hydrogen-bond donors (Lipinski definition) is 2. The summed E-state index contributed by atoms with van der Waals surface area (Å²) in [6, 6.07) is 4.06. The summed E-state index contributed by atoms with van der Waals surface area (Å²) < 4.78 is 18.1. The van der Waals surface area contributed by atoms with Gasteiger partial charge >= 0.3 is 0 Å². The fourth-order valence-corrected chi connectivity index (χ4v) is 1.82. The summed E-state index contributed by atoms with van der Waals surface area (Å²) in [7, 11) is 1.60. The highest BCUT2D eigenvalue weighted by Gasteiger charge is 2.07. The van der Waals surface area contributed by atoms with Crippen molar-refractivity contribution in [3.8, 4) is 0 Å². The molecule has 17 heavy (non-hydrogen) atoms. The van der Waals surface area contributed by atoms with E-state index in [1.807, 2.05) is 0 Å². The molecule has 0 aromatic heterocycles. The van der Waals surface area contributed by atoms with Crippen LogP contribution in [-0.4, -0.2) is 31.1 Å². The third kappa shape index (κ3) is 5.06. The van der Waals surface area contributed by atoms with Crippen LogP contribution in [0.4, 0.5) is 15.8 Å². The van der Waals surface area contributed by atoms with Crippen molar-refractivity contribution >= 4 is 29.0 Å². The number of carbonyl (C=O) groups excluding carboxylic acids is 1. The largest absolute Gasteiger partial charge is 0.399 e. The normalized spacial score (nSPS) is 10.2. The van der Waals surface area contributed by atoms with Crippen LogP contribution in [0.5, 0.6) is 0 Å². The molecule has 4 nitrogen and oxygen atoms in total. The first-order chi connectivity index (χ1) is 8.13. The number of halogens is 1. The number of ether oxygens (including phenoxy) is 1. The van der Waals surface area contributed by atoms with Gasteiger partial charge in [-0.25, -0.2) is 4.39 Å². The molecule has 0 heterocycles. The van der Waals surface area contributed by atoms with Gasteiger partial charge in [0.1, 0.15) is 5.82 Å². The fourth-order valence-electron chi connectivity index (χ4n) is 1.13. The van der Waals surface area contributed by atoms with Crippen LogP contribution in [-0.2, 0) is 9.53 Å². The quantitative estimate of drug-likeness (QED) is 0.602. The lowest BCUT2D eigenvalue weighted by Gasteiger charge is -2.07. The molecule has 0 atom stereocenters. The highest BCUT2D eigenvalue weighted by Crippen LogP contribution is 2.17. The second kappa shape index (κ2) is 7.13. The van der Waals surface area contributed by atoms with E-state index in [0.29, 0.717) is 12.3 Å². The first-order valence-corrected chi connectivity index (χ1v) is 6.20. The molecule has 3 N–H and O–H groups in total. The summed E-state index contributed by atoms with van der Waals surface area (Å²) in [5.74, 6) is 0.242. The third-order valence-electron chi connectivity index (χ3n) is 1.93. The van der Waals surface area contributed by atoms with Gasteiger partial charge in [-0.15, -0.1) is 11.8 Å². The van der Waals surface area contributed by atoms with Gasteiger partial charge in [0.25, 0.3) is 0 Å². The Morgan fingerprint density at radius 1 is 1.59 bits per heavy atom. The molecule has 1 aromatic carbocycles. The maximum absolute atomic E-state index is 13.3. The maximum Gasteiger partial charge on any atom is 0.234 e. The summed E-state index contributed by atoms with van der Waals surface area (Å²) >= 11 is 1.42. The standard InChI is InChI=1S/C11H15FN2O2S/c1-16-4-5-17-7-11(15)14-10-6-8(13)2-3-9(10)12/h2-3,6H,4-5,7,13H2,1H3,(H,14,15). The number of hydrogen-bond acceptors (Lipinski definition) is 4. The van der Waals surface area contributed by atoms with Crippen molar-refractivity contribution in [2.24, 2.45) is 0 Å². The summed E-state index contributed by atoms with van der Waals surface area (Å²) in [5.41, 5.74) is 6.03. The zero-order chi connectivity index (χ0) is 12.7. The van der Waals surface area contributed by atoms with Gasteiger partial charge in [-0.3, -0.25) is 4.79 Å². The molecule has 0 bridgehead atoms. The molecule has 0 spiro atoms. The second-order valence-corrected chi connectivity index (χ2v) is 4.44. The molecule has 0 radical (unpaired) electrons. The summed E-state index contributed by atoms with van der Waals surface area (Å²) in [5, 5.41) is 2.47. The Balaban J connectivity index is 2.42. The maximum atomic E-state index is 13.3. The van der Waals surface area contributed by atoms with Gasteiger partial charge in [0, 0.05) is 18.6 Å². The minimum absolute atomic E-state index is 0.113. The van der Waals surface area contributed by atoms with Crippen LogP contribution < -0.4 is 11.1 Å². The zero-order valence-corrected chi connectivity index (χ0v) is 10.3. The van der Waals surface area contributed by atoms with Crippen molar-refractivity contribution < 1.29 is 13.9 Å². The number of carbonyl (C=O) groups is 1. The number of thioether (sulfide) groups is 1. The number of methoxy groups -OCH3 is 1. The minimum Gasteiger partial charge on any atom is -0.399 e. The number of rotatable bonds is 6. The lowest BCUT2D eigenvalue weighted by Crippen LogP contribution is -2.16. The smallest absolute Gasteiger partial charge is 0.234 e. The number of anilines is 2. The van der Waals surface area contributed by atoms with Crippen molar-refractivity contribution in [3.05, 3.63) is 24.0 Å². The Kier molecular flexibility index (Phi) is 5.79. The highest BCUT2D eigenvalue weighted by atomic mass is 32.2. The van der Waals surface area contributed by atoms with E-state index in [2.05, 4.69) is 5.32 Å². The van der Waals surface area contributed by atoms with Crippen molar-refractivity contribution in [1.29, 1.82) is 0 Å². The van der Waals surface area contributed by atoms with E-state index < -0.39 is 5.82 Å². The lowest BCUT2D eigenvalue weighted by molar-refractivity contribution is -0.113. The topological polar surface area (TPSA) is 64.3 Å². The van der Waals surface area contributed by atoms with Gasteiger partial charge in [0.05, 0.1) is 18.0 Å². The van der Waals surface area contributed by atoms with Crippen molar-refractivity contribution in [2.75, 3.05) is 36.3 Å². The van der Waals surface area contributed by atoms with E-state index in [0.717, 1.165) is 5.75 Å². The molecule has 1 rings (SSSR count). The van der Waals surface area contributed by atoms with E-state index in [-0.39, 0.29) is 17.3 Å². The van der Waals surface area contributed by atoms with Crippen molar-refractivity contribution in [2.45, 2.75) is 0 Å². The van der Waals surface area contributed by atoms with E-state index in [1.54, 1.807) is 7.11 Å². The Bertz CT molecular complexity index is 388. The fraction of sp³-hybridized carbons (Fsp3) is 0.364.